The maximum Gasteiger partial charge on any atom is 0.241 e. The lowest BCUT2D eigenvalue weighted by Crippen LogP contribution is -2.57. The molecule has 1 aromatic rings. The average molecular weight is 396 g/mol. The number of carbonyl (C=O) groups is 1. The van der Waals surface area contributed by atoms with Crippen LogP contribution in [-0.2, 0) is 14.3 Å². The van der Waals surface area contributed by atoms with Crippen LogP contribution < -0.4 is 9.80 Å². The Balaban J connectivity index is 1.46. The van der Waals surface area contributed by atoms with Crippen LogP contribution in [0.5, 0.6) is 0 Å². The van der Waals surface area contributed by atoms with E-state index in [4.69, 9.17) is 21.1 Å². The predicted octanol–water partition coefficient (Wildman–Crippen LogP) is 1.04. The monoisotopic (exact) mass is 395 g/mol. The van der Waals surface area contributed by atoms with Crippen molar-refractivity contribution >= 4 is 29.0 Å². The number of hydrogen-bond donors (Lipinski definition) is 0. The van der Waals surface area contributed by atoms with Crippen molar-refractivity contribution in [2.24, 2.45) is 5.92 Å². The first-order valence-corrected chi connectivity index (χ1v) is 9.93. The summed E-state index contributed by atoms with van der Waals surface area (Å²) >= 11 is 6.04. The van der Waals surface area contributed by atoms with Crippen LogP contribution in [0.15, 0.2) is 6.20 Å². The van der Waals surface area contributed by atoms with E-state index in [1.54, 1.807) is 6.20 Å². The molecule has 0 aliphatic carbocycles. The molecule has 2 saturated heterocycles. The molecule has 0 aromatic carbocycles. The van der Waals surface area contributed by atoms with Crippen LogP contribution in [0.25, 0.3) is 0 Å². The zero-order chi connectivity index (χ0) is 18.8. The summed E-state index contributed by atoms with van der Waals surface area (Å²) in [4.78, 5) is 27.6. The zero-order valence-electron chi connectivity index (χ0n) is 15.6. The van der Waals surface area contributed by atoms with E-state index in [-0.39, 0.29) is 17.2 Å². The van der Waals surface area contributed by atoms with Gasteiger partial charge in [0.15, 0.2) is 5.82 Å². The van der Waals surface area contributed by atoms with Gasteiger partial charge in [-0.1, -0.05) is 0 Å². The summed E-state index contributed by atoms with van der Waals surface area (Å²) in [7, 11) is 1.89. The topological polar surface area (TPSA) is 71.0 Å². The predicted molar refractivity (Wildman–Crippen MR) is 102 cm³/mol. The van der Waals surface area contributed by atoms with Crippen LogP contribution in [0.3, 0.4) is 0 Å². The Morgan fingerprint density at radius 2 is 2.15 bits per heavy atom. The number of anilines is 2. The summed E-state index contributed by atoms with van der Waals surface area (Å²) in [5, 5.41) is 0.226. The third-order valence-corrected chi connectivity index (χ3v) is 5.80. The molecule has 2 fully saturated rings. The number of likely N-dealkylation sites (N-methyl/N-ethyl adjacent to an activating group) is 1. The summed E-state index contributed by atoms with van der Waals surface area (Å²) in [6, 6.07) is 0.172. The maximum absolute atomic E-state index is 12.9. The lowest BCUT2D eigenvalue weighted by Gasteiger charge is -2.45. The fourth-order valence-electron chi connectivity index (χ4n) is 4.07. The SMILES string of the molecule is CN(CC1CCOCC1)C(=O)CN1CC2COCCN2c2nc(Cl)ncc21. The number of rotatable bonds is 4. The highest BCUT2D eigenvalue weighted by Gasteiger charge is 2.35. The Labute approximate surface area is 164 Å². The largest absolute Gasteiger partial charge is 0.381 e. The standard InChI is InChI=1S/C18H26ClN5O3/c1-22(9-13-2-5-26-6-3-13)16(25)11-23-10-14-12-27-7-4-24(14)17-15(23)8-20-18(19)21-17/h8,13-14H,2-7,9-12H2,1H3. The Hall–Kier alpha value is -1.64. The number of fused-ring (bicyclic) bond motifs is 3. The lowest BCUT2D eigenvalue weighted by atomic mass is 10.00. The fourth-order valence-corrected chi connectivity index (χ4v) is 4.20. The van der Waals surface area contributed by atoms with Crippen molar-refractivity contribution in [3.05, 3.63) is 11.5 Å². The molecule has 0 bridgehead atoms. The minimum Gasteiger partial charge on any atom is -0.381 e. The third-order valence-electron chi connectivity index (χ3n) is 5.62. The van der Waals surface area contributed by atoms with Gasteiger partial charge in [0.05, 0.1) is 37.7 Å². The molecule has 1 amide bonds. The van der Waals surface area contributed by atoms with E-state index in [1.165, 1.54) is 0 Å². The number of halogens is 1. The Morgan fingerprint density at radius 1 is 1.33 bits per heavy atom. The minimum absolute atomic E-state index is 0.104. The van der Waals surface area contributed by atoms with E-state index in [9.17, 15) is 4.79 Å². The van der Waals surface area contributed by atoms with Gasteiger partial charge in [0, 0.05) is 39.9 Å². The molecule has 0 saturated carbocycles. The van der Waals surface area contributed by atoms with Crippen LogP contribution in [0.4, 0.5) is 11.5 Å². The fraction of sp³-hybridized carbons (Fsp3) is 0.722. The summed E-state index contributed by atoms with van der Waals surface area (Å²) in [5.74, 6) is 1.42. The number of aromatic nitrogens is 2. The summed E-state index contributed by atoms with van der Waals surface area (Å²) < 4.78 is 11.0. The molecule has 0 N–H and O–H groups in total. The number of morpholine rings is 1. The summed E-state index contributed by atoms with van der Waals surface area (Å²) in [5.41, 5.74) is 0.866. The van der Waals surface area contributed by atoms with Gasteiger partial charge < -0.3 is 24.2 Å². The van der Waals surface area contributed by atoms with Gasteiger partial charge in [-0.2, -0.15) is 4.98 Å². The number of carbonyl (C=O) groups excluding carboxylic acids is 1. The van der Waals surface area contributed by atoms with Crippen LogP contribution in [0.1, 0.15) is 12.8 Å². The Morgan fingerprint density at radius 3 is 2.96 bits per heavy atom. The second-order valence-corrected chi connectivity index (χ2v) is 7.82. The van der Waals surface area contributed by atoms with Gasteiger partial charge in [0.25, 0.3) is 0 Å². The number of nitrogens with zero attached hydrogens (tertiary/aromatic N) is 5. The first-order chi connectivity index (χ1) is 13.1. The first kappa shape index (κ1) is 18.7. The van der Waals surface area contributed by atoms with Gasteiger partial charge in [0.1, 0.15) is 0 Å². The summed E-state index contributed by atoms with van der Waals surface area (Å²) in [6.45, 7) is 5.46. The zero-order valence-corrected chi connectivity index (χ0v) is 16.4. The molecule has 0 spiro atoms. The molecule has 148 valence electrons. The molecule has 4 heterocycles. The van der Waals surface area contributed by atoms with Crippen molar-refractivity contribution in [2.75, 3.05) is 69.5 Å². The van der Waals surface area contributed by atoms with E-state index in [1.807, 2.05) is 11.9 Å². The molecule has 27 heavy (non-hydrogen) atoms. The van der Waals surface area contributed by atoms with E-state index < -0.39 is 0 Å². The maximum atomic E-state index is 12.9. The van der Waals surface area contributed by atoms with Crippen molar-refractivity contribution in [1.82, 2.24) is 14.9 Å². The van der Waals surface area contributed by atoms with Crippen molar-refractivity contribution in [3.63, 3.8) is 0 Å². The second-order valence-electron chi connectivity index (χ2n) is 7.48. The first-order valence-electron chi connectivity index (χ1n) is 9.55. The molecule has 3 aliphatic rings. The van der Waals surface area contributed by atoms with E-state index in [0.29, 0.717) is 25.7 Å². The van der Waals surface area contributed by atoms with Gasteiger partial charge >= 0.3 is 0 Å². The molecular formula is C18H26ClN5O3. The van der Waals surface area contributed by atoms with Gasteiger partial charge in [-0.15, -0.1) is 0 Å². The van der Waals surface area contributed by atoms with Crippen molar-refractivity contribution in [1.29, 1.82) is 0 Å². The van der Waals surface area contributed by atoms with Crippen LogP contribution in [-0.4, -0.2) is 86.5 Å². The number of amides is 1. The molecule has 1 atom stereocenters. The van der Waals surface area contributed by atoms with Gasteiger partial charge in [0.2, 0.25) is 11.2 Å². The van der Waals surface area contributed by atoms with Crippen molar-refractivity contribution in [3.8, 4) is 0 Å². The highest BCUT2D eigenvalue weighted by molar-refractivity contribution is 6.28. The molecule has 4 rings (SSSR count). The average Bonchev–Trinajstić information content (AvgIpc) is 2.68. The lowest BCUT2D eigenvalue weighted by molar-refractivity contribution is -0.129. The van der Waals surface area contributed by atoms with Crippen molar-refractivity contribution in [2.45, 2.75) is 18.9 Å². The van der Waals surface area contributed by atoms with Crippen LogP contribution in [0.2, 0.25) is 5.28 Å². The van der Waals surface area contributed by atoms with E-state index in [0.717, 1.165) is 57.2 Å². The van der Waals surface area contributed by atoms with Crippen molar-refractivity contribution < 1.29 is 14.3 Å². The number of ether oxygens (including phenoxy) is 2. The molecule has 0 radical (unpaired) electrons. The Kier molecular flexibility index (Phi) is 5.66. The quantitative estimate of drug-likeness (QED) is 0.705. The normalized spacial score (nSPS) is 23.0. The van der Waals surface area contributed by atoms with Crippen LogP contribution >= 0.6 is 11.6 Å². The highest BCUT2D eigenvalue weighted by atomic mass is 35.5. The molecule has 1 unspecified atom stereocenters. The molecule has 8 nitrogen and oxygen atoms in total. The third kappa shape index (κ3) is 4.12. The molecular weight excluding hydrogens is 370 g/mol. The second kappa shape index (κ2) is 8.16. The van der Waals surface area contributed by atoms with Gasteiger partial charge in [-0.25, -0.2) is 4.98 Å². The van der Waals surface area contributed by atoms with Gasteiger partial charge in [-0.3, -0.25) is 4.79 Å². The summed E-state index contributed by atoms with van der Waals surface area (Å²) in [6.07, 6.45) is 3.76. The molecule has 3 aliphatic heterocycles. The van der Waals surface area contributed by atoms with Gasteiger partial charge in [-0.05, 0) is 30.4 Å². The minimum atomic E-state index is 0.104. The highest BCUT2D eigenvalue weighted by Crippen LogP contribution is 2.35. The smallest absolute Gasteiger partial charge is 0.241 e. The molecule has 9 heteroatoms. The van der Waals surface area contributed by atoms with Crippen LogP contribution in [0, 0.1) is 5.92 Å². The molecule has 1 aromatic heterocycles. The van der Waals surface area contributed by atoms with E-state index >= 15 is 0 Å². The Bertz CT molecular complexity index is 685. The number of hydrogen-bond acceptors (Lipinski definition) is 7. The van der Waals surface area contributed by atoms with E-state index in [2.05, 4.69) is 19.8 Å².